The number of carbonyl (C=O) groups is 1. The number of imidazole rings is 1. The number of amides is 1. The number of anilines is 1. The van der Waals surface area contributed by atoms with Crippen molar-refractivity contribution in [3.63, 3.8) is 0 Å². The van der Waals surface area contributed by atoms with Gasteiger partial charge in [-0.25, -0.2) is 24.1 Å². The van der Waals surface area contributed by atoms with Crippen LogP contribution in [0.2, 0.25) is 0 Å². The number of piperidine rings is 1. The van der Waals surface area contributed by atoms with Gasteiger partial charge in [-0.1, -0.05) is 0 Å². The third kappa shape index (κ3) is 3.77. The van der Waals surface area contributed by atoms with Crippen LogP contribution >= 0.6 is 0 Å². The molecule has 0 spiro atoms. The molecule has 0 aromatic carbocycles. The number of hydrogen-bond acceptors (Lipinski definition) is 9. The number of hydrogen-bond donors (Lipinski definition) is 3. The van der Waals surface area contributed by atoms with Crippen molar-refractivity contribution in [2.75, 3.05) is 31.7 Å². The molecule has 0 radical (unpaired) electrons. The summed E-state index contributed by atoms with van der Waals surface area (Å²) < 4.78 is 25.0. The van der Waals surface area contributed by atoms with Gasteiger partial charge in [-0.2, -0.15) is 0 Å². The van der Waals surface area contributed by atoms with Crippen molar-refractivity contribution in [1.82, 2.24) is 24.4 Å². The lowest BCUT2D eigenvalue weighted by Gasteiger charge is -2.31. The zero-order chi connectivity index (χ0) is 21.3. The highest BCUT2D eigenvalue weighted by molar-refractivity contribution is 5.82. The van der Waals surface area contributed by atoms with Crippen molar-refractivity contribution < 1.29 is 28.9 Å². The molecule has 0 saturated carbocycles. The minimum absolute atomic E-state index is 0.0880. The number of aliphatic hydroxyl groups excluding tert-OH is 2. The molecule has 2 aromatic heterocycles. The number of aliphatic hydroxyl groups is 2. The lowest BCUT2D eigenvalue weighted by molar-refractivity contribution is -0.0409. The van der Waals surface area contributed by atoms with Crippen molar-refractivity contribution in [3.05, 3.63) is 12.7 Å². The molecule has 0 unspecified atom stereocenters. The summed E-state index contributed by atoms with van der Waals surface area (Å²) in [6, 6.07) is 0.0880. The average molecular weight is 424 g/mol. The second kappa shape index (κ2) is 8.66. The molecule has 2 aliphatic heterocycles. The summed E-state index contributed by atoms with van der Waals surface area (Å²) in [4.78, 5) is 26.3. The van der Waals surface area contributed by atoms with E-state index in [9.17, 15) is 19.4 Å². The van der Waals surface area contributed by atoms with Gasteiger partial charge in [0.2, 0.25) is 0 Å². The summed E-state index contributed by atoms with van der Waals surface area (Å²) in [7, 11) is 0. The monoisotopic (exact) mass is 424 g/mol. The third-order valence-corrected chi connectivity index (χ3v) is 5.48. The maximum Gasteiger partial charge on any atom is 0.409 e. The van der Waals surface area contributed by atoms with E-state index in [1.807, 2.05) is 0 Å². The van der Waals surface area contributed by atoms with Gasteiger partial charge in [0.25, 0.3) is 0 Å². The topological polar surface area (TPSA) is 135 Å². The van der Waals surface area contributed by atoms with Crippen LogP contribution in [0.4, 0.5) is 15.0 Å². The summed E-state index contributed by atoms with van der Waals surface area (Å²) in [6.45, 7) is 2.36. The maximum absolute atomic E-state index is 13.0. The minimum atomic E-state index is -1.33. The van der Waals surface area contributed by atoms with Crippen LogP contribution < -0.4 is 5.32 Å². The molecule has 0 aliphatic carbocycles. The van der Waals surface area contributed by atoms with Gasteiger partial charge in [-0.05, 0) is 19.8 Å². The Morgan fingerprint density at radius 1 is 1.30 bits per heavy atom. The SMILES string of the molecule is CCOC(=O)N1CCC(Nc2ncnc3c2ncn3[C@@H]2O[C@H](CF)[C@@H](O)[C@H]2O)CC1. The number of ether oxygens (including phenoxy) is 2. The van der Waals surface area contributed by atoms with E-state index in [0.717, 1.165) is 12.8 Å². The van der Waals surface area contributed by atoms with Gasteiger partial charge in [-0.15, -0.1) is 0 Å². The van der Waals surface area contributed by atoms with Crippen LogP contribution in [-0.4, -0.2) is 91.4 Å². The number of halogens is 1. The average Bonchev–Trinajstić information content (AvgIpc) is 3.30. The van der Waals surface area contributed by atoms with Crippen molar-refractivity contribution >= 4 is 23.1 Å². The second-order valence-electron chi connectivity index (χ2n) is 7.35. The van der Waals surface area contributed by atoms with Crippen LogP contribution in [0.1, 0.15) is 26.0 Å². The quantitative estimate of drug-likeness (QED) is 0.625. The molecular formula is C18H25FN6O5. The Balaban J connectivity index is 1.48. The van der Waals surface area contributed by atoms with Gasteiger partial charge in [-0.3, -0.25) is 4.57 Å². The van der Waals surface area contributed by atoms with E-state index in [1.165, 1.54) is 17.2 Å². The van der Waals surface area contributed by atoms with E-state index in [-0.39, 0.29) is 12.1 Å². The molecule has 0 bridgehead atoms. The predicted molar refractivity (Wildman–Crippen MR) is 102 cm³/mol. The summed E-state index contributed by atoms with van der Waals surface area (Å²) in [5.41, 5.74) is 0.867. The lowest BCUT2D eigenvalue weighted by atomic mass is 10.1. The molecular weight excluding hydrogens is 399 g/mol. The Labute approximate surface area is 171 Å². The van der Waals surface area contributed by atoms with E-state index in [1.54, 1.807) is 11.8 Å². The number of fused-ring (bicyclic) bond motifs is 1. The Hall–Kier alpha value is -2.57. The molecule has 4 rings (SSSR count). The molecule has 2 saturated heterocycles. The van der Waals surface area contributed by atoms with Crippen molar-refractivity contribution in [2.24, 2.45) is 0 Å². The first-order valence-electron chi connectivity index (χ1n) is 9.96. The van der Waals surface area contributed by atoms with Crippen LogP contribution in [0.15, 0.2) is 12.7 Å². The van der Waals surface area contributed by atoms with Crippen LogP contribution in [-0.2, 0) is 9.47 Å². The number of nitrogens with one attached hydrogen (secondary N) is 1. The second-order valence-corrected chi connectivity index (χ2v) is 7.35. The van der Waals surface area contributed by atoms with Crippen LogP contribution in [0.3, 0.4) is 0 Å². The first-order chi connectivity index (χ1) is 14.5. The van der Waals surface area contributed by atoms with Gasteiger partial charge in [0, 0.05) is 19.1 Å². The van der Waals surface area contributed by atoms with Crippen molar-refractivity contribution in [2.45, 2.75) is 50.3 Å². The molecule has 11 nitrogen and oxygen atoms in total. The summed E-state index contributed by atoms with van der Waals surface area (Å²) in [5, 5.41) is 23.5. The molecule has 2 aliphatic rings. The van der Waals surface area contributed by atoms with Crippen molar-refractivity contribution in [3.8, 4) is 0 Å². The number of carbonyl (C=O) groups excluding carboxylic acids is 1. The van der Waals surface area contributed by atoms with Gasteiger partial charge in [0.05, 0.1) is 12.9 Å². The number of likely N-dealkylation sites (tertiary alicyclic amines) is 1. The Bertz CT molecular complexity index is 889. The van der Waals surface area contributed by atoms with Crippen LogP contribution in [0.25, 0.3) is 11.2 Å². The van der Waals surface area contributed by atoms with E-state index in [2.05, 4.69) is 20.3 Å². The number of aromatic nitrogens is 4. The smallest absolute Gasteiger partial charge is 0.409 e. The van der Waals surface area contributed by atoms with Gasteiger partial charge in [0.1, 0.15) is 31.3 Å². The molecule has 164 valence electrons. The largest absolute Gasteiger partial charge is 0.450 e. The molecule has 1 amide bonds. The summed E-state index contributed by atoms with van der Waals surface area (Å²) >= 11 is 0. The third-order valence-electron chi connectivity index (χ3n) is 5.48. The van der Waals surface area contributed by atoms with E-state index in [0.29, 0.717) is 36.7 Å². The van der Waals surface area contributed by atoms with Gasteiger partial charge >= 0.3 is 6.09 Å². The standard InChI is InChI=1S/C18H25FN6O5/c1-2-29-18(28)24-5-3-10(4-6-24)23-15-12-16(21-8-20-15)25(9-22-12)17-14(27)13(26)11(7-19)30-17/h8-11,13-14,17,26-27H,2-7H2,1H3,(H,20,21,23)/t11-,13-,14-,17-/m1/s1. The molecule has 2 aromatic rings. The van der Waals surface area contributed by atoms with Gasteiger partial charge < -0.3 is 29.9 Å². The van der Waals surface area contributed by atoms with Crippen LogP contribution in [0.5, 0.6) is 0 Å². The highest BCUT2D eigenvalue weighted by Crippen LogP contribution is 2.32. The van der Waals surface area contributed by atoms with E-state index >= 15 is 0 Å². The highest BCUT2D eigenvalue weighted by atomic mass is 19.1. The van der Waals surface area contributed by atoms with E-state index in [4.69, 9.17) is 9.47 Å². The normalized spacial score (nSPS) is 27.5. The molecule has 30 heavy (non-hydrogen) atoms. The lowest BCUT2D eigenvalue weighted by Crippen LogP contribution is -2.42. The van der Waals surface area contributed by atoms with Crippen molar-refractivity contribution in [1.29, 1.82) is 0 Å². The fraction of sp³-hybridized carbons (Fsp3) is 0.667. The zero-order valence-corrected chi connectivity index (χ0v) is 16.5. The van der Waals surface area contributed by atoms with Gasteiger partial charge in [0.15, 0.2) is 23.2 Å². The predicted octanol–water partition coefficient (Wildman–Crippen LogP) is 0.448. The number of rotatable bonds is 5. The zero-order valence-electron chi connectivity index (χ0n) is 16.5. The first kappa shape index (κ1) is 20.7. The Morgan fingerprint density at radius 3 is 2.73 bits per heavy atom. The van der Waals surface area contributed by atoms with Crippen LogP contribution in [0, 0.1) is 0 Å². The van der Waals surface area contributed by atoms with E-state index < -0.39 is 31.2 Å². The fourth-order valence-electron chi connectivity index (χ4n) is 3.84. The fourth-order valence-corrected chi connectivity index (χ4v) is 3.84. The summed E-state index contributed by atoms with van der Waals surface area (Å²) in [6.07, 6.45) is -0.811. The minimum Gasteiger partial charge on any atom is -0.450 e. The molecule has 12 heteroatoms. The first-order valence-corrected chi connectivity index (χ1v) is 9.96. The number of nitrogens with zero attached hydrogens (tertiary/aromatic N) is 5. The molecule has 4 atom stereocenters. The molecule has 4 heterocycles. The maximum atomic E-state index is 13.0. The Morgan fingerprint density at radius 2 is 2.07 bits per heavy atom. The highest BCUT2D eigenvalue weighted by Gasteiger charge is 2.44. The molecule has 3 N–H and O–H groups in total. The Kier molecular flexibility index (Phi) is 5.97. The number of alkyl halides is 1. The molecule has 2 fully saturated rings. The summed E-state index contributed by atoms with van der Waals surface area (Å²) in [5.74, 6) is 0.517.